The molecule has 0 aromatic carbocycles. The zero-order valence-electron chi connectivity index (χ0n) is 8.88. The van der Waals surface area contributed by atoms with Crippen LogP contribution in [0, 0.1) is 0 Å². The van der Waals surface area contributed by atoms with Crippen LogP contribution in [-0.4, -0.2) is 38.0 Å². The second-order valence-electron chi connectivity index (χ2n) is 3.15. The highest BCUT2D eigenvalue weighted by Gasteiger charge is 2.20. The van der Waals surface area contributed by atoms with Gasteiger partial charge in [-0.25, -0.2) is 14.3 Å². The van der Waals surface area contributed by atoms with Crippen molar-refractivity contribution >= 4 is 11.9 Å². The van der Waals surface area contributed by atoms with Gasteiger partial charge in [0.2, 0.25) is 5.88 Å². The van der Waals surface area contributed by atoms with Crippen LogP contribution in [0.15, 0.2) is 6.07 Å². The number of aliphatic carboxylic acids is 1. The summed E-state index contributed by atoms with van der Waals surface area (Å²) >= 11 is 0. The summed E-state index contributed by atoms with van der Waals surface area (Å²) in [6, 6.07) is 1.19. The molecule has 1 aromatic rings. The van der Waals surface area contributed by atoms with E-state index in [0.717, 1.165) is 0 Å². The van der Waals surface area contributed by atoms with Gasteiger partial charge in [-0.3, -0.25) is 0 Å². The van der Waals surface area contributed by atoms with Crippen molar-refractivity contribution < 1.29 is 24.5 Å². The summed E-state index contributed by atoms with van der Waals surface area (Å²) in [4.78, 5) is 21.3. The Labute approximate surface area is 91.3 Å². The maximum atomic E-state index is 10.7. The third kappa shape index (κ3) is 2.50. The fourth-order valence-electron chi connectivity index (χ4n) is 1.12. The van der Waals surface area contributed by atoms with Gasteiger partial charge < -0.3 is 14.9 Å². The Kier molecular flexibility index (Phi) is 3.49. The van der Waals surface area contributed by atoms with Crippen LogP contribution < -0.4 is 4.74 Å². The Morgan fingerprint density at radius 1 is 1.56 bits per heavy atom. The molecule has 0 aliphatic heterocycles. The van der Waals surface area contributed by atoms with Crippen molar-refractivity contribution in [1.82, 2.24) is 9.78 Å². The molecule has 0 saturated heterocycles. The Morgan fingerprint density at radius 2 is 2.19 bits per heavy atom. The lowest BCUT2D eigenvalue weighted by Crippen LogP contribution is -2.26. The van der Waals surface area contributed by atoms with Gasteiger partial charge in [0.25, 0.3) is 0 Å². The van der Waals surface area contributed by atoms with E-state index in [1.54, 1.807) is 6.92 Å². The second-order valence-corrected chi connectivity index (χ2v) is 3.15. The molecule has 0 aliphatic carbocycles. The minimum atomic E-state index is -1.19. The van der Waals surface area contributed by atoms with Gasteiger partial charge in [-0.1, -0.05) is 6.92 Å². The number of rotatable bonds is 5. The number of carbonyl (C=O) groups is 2. The molecule has 0 fully saturated rings. The van der Waals surface area contributed by atoms with Crippen molar-refractivity contribution in [3.8, 4) is 5.88 Å². The van der Waals surface area contributed by atoms with Gasteiger partial charge in [-0.15, -0.1) is 0 Å². The van der Waals surface area contributed by atoms with E-state index < -0.39 is 18.0 Å². The Hall–Kier alpha value is -2.05. The van der Waals surface area contributed by atoms with Crippen LogP contribution in [0.3, 0.4) is 0 Å². The average molecular weight is 228 g/mol. The highest BCUT2D eigenvalue weighted by Crippen LogP contribution is 2.15. The average Bonchev–Trinajstić information content (AvgIpc) is 2.56. The number of hydrogen-bond donors (Lipinski definition) is 2. The van der Waals surface area contributed by atoms with Crippen molar-refractivity contribution in [3.05, 3.63) is 11.8 Å². The minimum absolute atomic E-state index is 0.117. The van der Waals surface area contributed by atoms with E-state index in [2.05, 4.69) is 5.10 Å². The predicted molar refractivity (Wildman–Crippen MR) is 52.5 cm³/mol. The normalized spacial score (nSPS) is 12.1. The van der Waals surface area contributed by atoms with Gasteiger partial charge in [0, 0.05) is 13.1 Å². The SMILES string of the molecule is CCC(Oc1cc(C(=O)O)nn1C)C(=O)O. The molecule has 0 radical (unpaired) electrons. The Bertz CT molecular complexity index is 412. The number of carboxylic acids is 2. The number of aromatic nitrogens is 2. The molecule has 1 rings (SSSR count). The zero-order chi connectivity index (χ0) is 12.3. The molecule has 0 bridgehead atoms. The highest BCUT2D eigenvalue weighted by atomic mass is 16.5. The topological polar surface area (TPSA) is 102 Å². The number of ether oxygens (including phenoxy) is 1. The number of aryl methyl sites for hydroxylation is 1. The van der Waals surface area contributed by atoms with Gasteiger partial charge in [0.1, 0.15) is 0 Å². The van der Waals surface area contributed by atoms with Gasteiger partial charge in [-0.05, 0) is 6.42 Å². The lowest BCUT2D eigenvalue weighted by molar-refractivity contribution is -0.145. The van der Waals surface area contributed by atoms with Crippen LogP contribution in [-0.2, 0) is 11.8 Å². The molecule has 88 valence electrons. The molecule has 0 spiro atoms. The molecule has 1 unspecified atom stereocenters. The smallest absolute Gasteiger partial charge is 0.356 e. The number of nitrogens with zero attached hydrogens (tertiary/aromatic N) is 2. The summed E-state index contributed by atoms with van der Waals surface area (Å²) in [5.74, 6) is -2.17. The van der Waals surface area contributed by atoms with Crippen molar-refractivity contribution in [1.29, 1.82) is 0 Å². The van der Waals surface area contributed by atoms with E-state index in [9.17, 15) is 9.59 Å². The maximum absolute atomic E-state index is 10.7. The molecule has 0 aliphatic rings. The molecule has 1 heterocycles. The van der Waals surface area contributed by atoms with E-state index in [1.165, 1.54) is 17.8 Å². The molecular weight excluding hydrogens is 216 g/mol. The number of aromatic carboxylic acids is 1. The van der Waals surface area contributed by atoms with Crippen molar-refractivity contribution in [2.75, 3.05) is 0 Å². The van der Waals surface area contributed by atoms with Gasteiger partial charge in [0.05, 0.1) is 0 Å². The van der Waals surface area contributed by atoms with E-state index in [0.29, 0.717) is 0 Å². The van der Waals surface area contributed by atoms with Gasteiger partial charge >= 0.3 is 11.9 Å². The number of hydrogen-bond acceptors (Lipinski definition) is 4. The van der Waals surface area contributed by atoms with E-state index in [4.69, 9.17) is 14.9 Å². The summed E-state index contributed by atoms with van der Waals surface area (Å²) in [5.41, 5.74) is -0.183. The van der Waals surface area contributed by atoms with Gasteiger partial charge in [-0.2, -0.15) is 5.10 Å². The van der Waals surface area contributed by atoms with Crippen LogP contribution in [0.5, 0.6) is 5.88 Å². The fraction of sp³-hybridized carbons (Fsp3) is 0.444. The Morgan fingerprint density at radius 3 is 2.56 bits per heavy atom. The monoisotopic (exact) mass is 228 g/mol. The van der Waals surface area contributed by atoms with Crippen molar-refractivity contribution in [2.45, 2.75) is 19.4 Å². The highest BCUT2D eigenvalue weighted by molar-refractivity contribution is 5.85. The largest absolute Gasteiger partial charge is 0.479 e. The third-order valence-corrected chi connectivity index (χ3v) is 1.97. The first-order chi connectivity index (χ1) is 7.45. The molecule has 16 heavy (non-hydrogen) atoms. The second kappa shape index (κ2) is 4.65. The molecule has 0 saturated carbocycles. The quantitative estimate of drug-likeness (QED) is 0.754. The summed E-state index contributed by atoms with van der Waals surface area (Å²) in [5, 5.41) is 21.1. The molecule has 1 aromatic heterocycles. The molecule has 0 amide bonds. The first-order valence-electron chi connectivity index (χ1n) is 4.62. The molecule has 7 nitrogen and oxygen atoms in total. The van der Waals surface area contributed by atoms with Crippen LogP contribution in [0.1, 0.15) is 23.8 Å². The summed E-state index contributed by atoms with van der Waals surface area (Å²) in [6.07, 6.45) is -0.722. The zero-order valence-corrected chi connectivity index (χ0v) is 8.88. The minimum Gasteiger partial charge on any atom is -0.479 e. The fourth-order valence-corrected chi connectivity index (χ4v) is 1.12. The van der Waals surface area contributed by atoms with Crippen molar-refractivity contribution in [2.24, 2.45) is 7.05 Å². The first-order valence-corrected chi connectivity index (χ1v) is 4.62. The van der Waals surface area contributed by atoms with Crippen LogP contribution in [0.25, 0.3) is 0 Å². The summed E-state index contributed by atoms with van der Waals surface area (Å²) in [7, 11) is 1.48. The van der Waals surface area contributed by atoms with E-state index >= 15 is 0 Å². The van der Waals surface area contributed by atoms with Gasteiger partial charge in [0.15, 0.2) is 11.8 Å². The van der Waals surface area contributed by atoms with Crippen molar-refractivity contribution in [3.63, 3.8) is 0 Å². The third-order valence-electron chi connectivity index (χ3n) is 1.97. The molecule has 7 heteroatoms. The molecule has 1 atom stereocenters. The van der Waals surface area contributed by atoms with E-state index in [1.807, 2.05) is 0 Å². The summed E-state index contributed by atoms with van der Waals surface area (Å²) < 4.78 is 6.31. The predicted octanol–water partition coefficient (Wildman–Crippen LogP) is 0.360. The summed E-state index contributed by atoms with van der Waals surface area (Å²) in [6.45, 7) is 1.66. The molecule has 2 N–H and O–H groups in total. The number of carboxylic acid groups (broad SMARTS) is 2. The van der Waals surface area contributed by atoms with E-state index in [-0.39, 0.29) is 18.0 Å². The van der Waals surface area contributed by atoms with Crippen LogP contribution in [0.2, 0.25) is 0 Å². The lowest BCUT2D eigenvalue weighted by atomic mass is 10.3. The molecular formula is C9H12N2O5. The van der Waals surface area contributed by atoms with Crippen LogP contribution >= 0.6 is 0 Å². The Balaban J connectivity index is 2.88. The van der Waals surface area contributed by atoms with Crippen LogP contribution in [0.4, 0.5) is 0 Å². The standard InChI is InChI=1S/C9H12N2O5/c1-3-6(9(14)15)16-7-4-5(8(12)13)10-11(7)2/h4,6H,3H2,1-2H3,(H,12,13)(H,14,15). The first kappa shape index (κ1) is 12.0. The lowest BCUT2D eigenvalue weighted by Gasteiger charge is -2.12. The maximum Gasteiger partial charge on any atom is 0.356 e.